The van der Waals surface area contributed by atoms with Gasteiger partial charge in [0.05, 0.1) is 4.47 Å². The van der Waals surface area contributed by atoms with Crippen molar-refractivity contribution in [3.8, 4) is 0 Å². The molecule has 1 aliphatic carbocycles. The van der Waals surface area contributed by atoms with Crippen LogP contribution in [0.4, 0.5) is 4.39 Å². The number of thioether (sulfide) groups is 1. The average Bonchev–Trinajstić information content (AvgIpc) is 2.80. The van der Waals surface area contributed by atoms with Crippen molar-refractivity contribution in [1.29, 1.82) is 0 Å². The molecule has 0 bridgehead atoms. The minimum atomic E-state index is -0.350. The molecule has 1 saturated carbocycles. The Morgan fingerprint density at radius 3 is 3.00 bits per heavy atom. The van der Waals surface area contributed by atoms with Gasteiger partial charge in [0, 0.05) is 16.9 Å². The van der Waals surface area contributed by atoms with Crippen LogP contribution in [0, 0.1) is 5.82 Å². The van der Waals surface area contributed by atoms with Crippen LogP contribution in [0.15, 0.2) is 22.7 Å². The van der Waals surface area contributed by atoms with E-state index in [0.29, 0.717) is 15.3 Å². The normalized spacial score (nSPS) is 22.5. The van der Waals surface area contributed by atoms with Crippen LogP contribution in [-0.4, -0.2) is 23.0 Å². The third kappa shape index (κ3) is 3.96. The minimum Gasteiger partial charge on any atom is -0.349 e. The molecule has 0 heterocycles. The smallest absolute Gasteiger partial charge is 0.251 e. The number of nitrogens with one attached hydrogen (secondary N) is 1. The summed E-state index contributed by atoms with van der Waals surface area (Å²) in [5.41, 5.74) is 0.500. The number of hydrogen-bond acceptors (Lipinski definition) is 2. The van der Waals surface area contributed by atoms with Gasteiger partial charge in [0.25, 0.3) is 5.91 Å². The molecule has 0 aliphatic heterocycles. The first-order valence-electron chi connectivity index (χ1n) is 6.47. The van der Waals surface area contributed by atoms with E-state index in [1.165, 1.54) is 18.2 Å². The zero-order valence-corrected chi connectivity index (χ0v) is 13.2. The van der Waals surface area contributed by atoms with E-state index in [-0.39, 0.29) is 17.8 Å². The van der Waals surface area contributed by atoms with Gasteiger partial charge in [-0.25, -0.2) is 4.39 Å². The topological polar surface area (TPSA) is 29.1 Å². The lowest BCUT2D eigenvalue weighted by Gasteiger charge is -2.13. The van der Waals surface area contributed by atoms with Gasteiger partial charge in [0.15, 0.2) is 0 Å². The van der Waals surface area contributed by atoms with Crippen LogP contribution >= 0.6 is 27.7 Å². The Morgan fingerprint density at radius 1 is 1.53 bits per heavy atom. The summed E-state index contributed by atoms with van der Waals surface area (Å²) in [6, 6.07) is 4.60. The van der Waals surface area contributed by atoms with Gasteiger partial charge < -0.3 is 5.32 Å². The maximum absolute atomic E-state index is 13.1. The van der Waals surface area contributed by atoms with Gasteiger partial charge in [-0.15, -0.1) is 0 Å². The fourth-order valence-electron chi connectivity index (χ4n) is 2.36. The van der Waals surface area contributed by atoms with Crippen molar-refractivity contribution in [2.24, 2.45) is 0 Å². The second-order valence-corrected chi connectivity index (χ2v) is 7.12. The molecule has 104 valence electrons. The van der Waals surface area contributed by atoms with E-state index in [0.717, 1.165) is 25.0 Å². The first-order valence-corrected chi connectivity index (χ1v) is 8.32. The van der Waals surface area contributed by atoms with Gasteiger partial charge in [-0.3, -0.25) is 4.79 Å². The molecular formula is C14H17BrFNOS. The van der Waals surface area contributed by atoms with E-state index >= 15 is 0 Å². The van der Waals surface area contributed by atoms with E-state index in [9.17, 15) is 9.18 Å². The molecule has 2 rings (SSSR count). The maximum atomic E-state index is 13.1. The van der Waals surface area contributed by atoms with Crippen LogP contribution in [0.3, 0.4) is 0 Å². The number of benzene rings is 1. The molecule has 2 atom stereocenters. The van der Waals surface area contributed by atoms with Crippen LogP contribution < -0.4 is 5.32 Å². The predicted octanol–water partition coefficient (Wildman–Crippen LogP) is 3.99. The maximum Gasteiger partial charge on any atom is 0.251 e. The number of hydrogen-bond donors (Lipinski definition) is 1. The number of rotatable bonds is 4. The standard InChI is InChI=1S/C14H17BrFNOS/c1-2-19-11-5-4-10(8-11)17-14(18)9-3-6-13(16)12(15)7-9/h3,6-7,10-11H,2,4-5,8H2,1H3,(H,17,18). The van der Waals surface area contributed by atoms with E-state index in [2.05, 4.69) is 28.2 Å². The second kappa shape index (κ2) is 6.75. The first-order chi connectivity index (χ1) is 9.10. The minimum absolute atomic E-state index is 0.118. The van der Waals surface area contributed by atoms with Gasteiger partial charge in [-0.1, -0.05) is 6.92 Å². The fourth-order valence-corrected chi connectivity index (χ4v) is 3.89. The van der Waals surface area contributed by atoms with Gasteiger partial charge in [-0.2, -0.15) is 11.8 Å². The molecule has 1 fully saturated rings. The lowest BCUT2D eigenvalue weighted by Crippen LogP contribution is -2.33. The van der Waals surface area contributed by atoms with Crippen LogP contribution in [0.2, 0.25) is 0 Å². The molecule has 19 heavy (non-hydrogen) atoms. The highest BCUT2D eigenvalue weighted by Crippen LogP contribution is 2.29. The first kappa shape index (κ1) is 14.9. The highest BCUT2D eigenvalue weighted by atomic mass is 79.9. The van der Waals surface area contributed by atoms with Crippen molar-refractivity contribution in [1.82, 2.24) is 5.32 Å². The molecule has 1 N–H and O–H groups in total. The predicted molar refractivity (Wildman–Crippen MR) is 81.1 cm³/mol. The molecule has 1 aromatic carbocycles. The van der Waals surface area contributed by atoms with Crippen molar-refractivity contribution in [3.05, 3.63) is 34.1 Å². The summed E-state index contributed by atoms with van der Waals surface area (Å²) >= 11 is 5.06. The van der Waals surface area contributed by atoms with Crippen molar-refractivity contribution >= 4 is 33.6 Å². The molecule has 0 spiro atoms. The summed E-state index contributed by atoms with van der Waals surface area (Å²) in [5, 5.41) is 3.70. The van der Waals surface area contributed by atoms with Crippen molar-refractivity contribution in [3.63, 3.8) is 0 Å². The largest absolute Gasteiger partial charge is 0.349 e. The highest BCUT2D eigenvalue weighted by Gasteiger charge is 2.26. The van der Waals surface area contributed by atoms with Gasteiger partial charge in [0.1, 0.15) is 5.82 Å². The molecule has 5 heteroatoms. The Hall–Kier alpha value is -0.550. The van der Waals surface area contributed by atoms with Crippen LogP contribution in [0.5, 0.6) is 0 Å². The highest BCUT2D eigenvalue weighted by molar-refractivity contribution is 9.10. The van der Waals surface area contributed by atoms with E-state index in [1.54, 1.807) is 0 Å². The average molecular weight is 346 g/mol. The SMILES string of the molecule is CCSC1CCC(NC(=O)c2ccc(F)c(Br)c2)C1. The molecule has 2 nitrogen and oxygen atoms in total. The van der Waals surface area contributed by atoms with E-state index in [1.807, 2.05) is 11.8 Å². The summed E-state index contributed by atoms with van der Waals surface area (Å²) < 4.78 is 13.4. The Labute approximate surface area is 125 Å². The van der Waals surface area contributed by atoms with Crippen molar-refractivity contribution in [2.45, 2.75) is 37.5 Å². The molecule has 2 unspecified atom stereocenters. The Bertz CT molecular complexity index is 469. The molecule has 1 aromatic rings. The van der Waals surface area contributed by atoms with Crippen LogP contribution in [0.25, 0.3) is 0 Å². The molecule has 1 amide bonds. The van der Waals surface area contributed by atoms with Crippen molar-refractivity contribution in [2.75, 3.05) is 5.75 Å². The summed E-state index contributed by atoms with van der Waals surface area (Å²) in [6.45, 7) is 2.16. The third-order valence-corrected chi connectivity index (χ3v) is 5.14. The fraction of sp³-hybridized carbons (Fsp3) is 0.500. The molecule has 0 aromatic heterocycles. The zero-order valence-electron chi connectivity index (χ0n) is 10.8. The molecule has 0 saturated heterocycles. The Balaban J connectivity index is 1.92. The van der Waals surface area contributed by atoms with E-state index < -0.39 is 0 Å². The van der Waals surface area contributed by atoms with Crippen LogP contribution in [0.1, 0.15) is 36.5 Å². The lowest BCUT2D eigenvalue weighted by molar-refractivity contribution is 0.0938. The van der Waals surface area contributed by atoms with Gasteiger partial charge in [-0.05, 0) is 59.1 Å². The Kier molecular flexibility index (Phi) is 5.28. The Morgan fingerprint density at radius 2 is 2.32 bits per heavy atom. The summed E-state index contributed by atoms with van der Waals surface area (Å²) in [5.74, 6) is 0.653. The second-order valence-electron chi connectivity index (χ2n) is 4.69. The van der Waals surface area contributed by atoms with Crippen molar-refractivity contribution < 1.29 is 9.18 Å². The number of halogens is 2. The zero-order chi connectivity index (χ0) is 13.8. The number of amides is 1. The van der Waals surface area contributed by atoms with Gasteiger partial charge >= 0.3 is 0 Å². The molecular weight excluding hydrogens is 329 g/mol. The third-order valence-electron chi connectivity index (χ3n) is 3.30. The summed E-state index contributed by atoms with van der Waals surface area (Å²) in [4.78, 5) is 12.1. The molecule has 0 radical (unpaired) electrons. The summed E-state index contributed by atoms with van der Waals surface area (Å²) in [7, 11) is 0. The summed E-state index contributed by atoms with van der Waals surface area (Å²) in [6.07, 6.45) is 3.23. The molecule has 1 aliphatic rings. The van der Waals surface area contributed by atoms with Crippen LogP contribution in [-0.2, 0) is 0 Å². The van der Waals surface area contributed by atoms with E-state index in [4.69, 9.17) is 0 Å². The quantitative estimate of drug-likeness (QED) is 0.893. The number of carbonyl (C=O) groups is 1. The monoisotopic (exact) mass is 345 g/mol. The lowest BCUT2D eigenvalue weighted by atomic mass is 10.2. The number of carbonyl (C=O) groups excluding carboxylic acids is 1. The van der Waals surface area contributed by atoms with Gasteiger partial charge in [0.2, 0.25) is 0 Å².